The molecule has 0 spiro atoms. The van der Waals surface area contributed by atoms with Gasteiger partial charge in [0.2, 0.25) is 10.4 Å². The summed E-state index contributed by atoms with van der Waals surface area (Å²) < 4.78 is 53.5. The maximum atomic E-state index is 10.7. The monoisotopic (exact) mass is 416 g/mol. The standard InChI is InChI=1S/C18H34O7S.Na/c1-2-3-4-5-6-7-8-9-10-11-12-22-15-13-23-18-16(14-24-17(15)18)25-26(19,20)21;/h15-18H,2-14H2,1H3,(H,19,20,21);/q;+1/p-1/t15-,16+,17-,18-;/m1./s1. The number of unbranched alkanes of at least 4 members (excludes halogenated alkanes) is 9. The van der Waals surface area contributed by atoms with Crippen LogP contribution in [0.2, 0.25) is 0 Å². The maximum absolute atomic E-state index is 10.7. The van der Waals surface area contributed by atoms with Crippen LogP contribution in [0.4, 0.5) is 0 Å². The quantitative estimate of drug-likeness (QED) is 0.169. The van der Waals surface area contributed by atoms with E-state index in [9.17, 15) is 13.0 Å². The van der Waals surface area contributed by atoms with E-state index in [1.807, 2.05) is 0 Å². The summed E-state index contributed by atoms with van der Waals surface area (Å²) in [7, 11) is -4.75. The van der Waals surface area contributed by atoms with Crippen molar-refractivity contribution in [1.82, 2.24) is 0 Å². The first-order chi connectivity index (χ1) is 12.5. The van der Waals surface area contributed by atoms with Crippen molar-refractivity contribution in [3.05, 3.63) is 0 Å². The molecule has 154 valence electrons. The number of ether oxygens (including phenoxy) is 3. The molecule has 0 aliphatic carbocycles. The first-order valence-electron chi connectivity index (χ1n) is 10.00. The topological polar surface area (TPSA) is 94.1 Å². The molecule has 0 aromatic rings. The SMILES string of the molecule is CCCCCCCCCCCCO[C@@H]1CO[C@H]2[C@@H]1OC[C@@H]2OS(=O)(=O)[O-].[Na+]. The molecule has 9 heteroatoms. The first-order valence-corrected chi connectivity index (χ1v) is 11.3. The van der Waals surface area contributed by atoms with Crippen LogP contribution in [0.25, 0.3) is 0 Å². The van der Waals surface area contributed by atoms with Gasteiger partial charge < -0.3 is 18.8 Å². The number of fused-ring (bicyclic) bond motifs is 1. The largest absolute Gasteiger partial charge is 1.00 e. The molecule has 0 unspecified atom stereocenters. The van der Waals surface area contributed by atoms with Crippen molar-refractivity contribution in [3.63, 3.8) is 0 Å². The Kier molecular flexibility index (Phi) is 13.3. The molecule has 0 amide bonds. The van der Waals surface area contributed by atoms with Crippen molar-refractivity contribution in [2.45, 2.75) is 95.5 Å². The van der Waals surface area contributed by atoms with Gasteiger partial charge in [-0.3, -0.25) is 4.18 Å². The summed E-state index contributed by atoms with van der Waals surface area (Å²) >= 11 is 0. The Morgan fingerprint density at radius 1 is 0.852 bits per heavy atom. The van der Waals surface area contributed by atoms with Crippen molar-refractivity contribution in [2.24, 2.45) is 0 Å². The van der Waals surface area contributed by atoms with E-state index < -0.39 is 22.6 Å². The Morgan fingerprint density at radius 2 is 1.33 bits per heavy atom. The van der Waals surface area contributed by atoms with Crippen molar-refractivity contribution in [3.8, 4) is 0 Å². The third kappa shape index (κ3) is 9.87. The van der Waals surface area contributed by atoms with E-state index in [0.717, 1.165) is 12.8 Å². The second-order valence-corrected chi connectivity index (χ2v) is 8.24. The van der Waals surface area contributed by atoms with Gasteiger partial charge in [0.1, 0.15) is 24.4 Å². The molecule has 2 rings (SSSR count). The van der Waals surface area contributed by atoms with Crippen LogP contribution >= 0.6 is 0 Å². The summed E-state index contributed by atoms with van der Waals surface area (Å²) in [6, 6.07) is 0. The molecule has 0 aromatic carbocycles. The summed E-state index contributed by atoms with van der Waals surface area (Å²) in [5.74, 6) is 0. The minimum Gasteiger partial charge on any atom is -0.726 e. The van der Waals surface area contributed by atoms with Gasteiger partial charge in [-0.1, -0.05) is 64.7 Å². The maximum Gasteiger partial charge on any atom is 1.00 e. The second kappa shape index (κ2) is 13.9. The average Bonchev–Trinajstić information content (AvgIpc) is 3.15. The van der Waals surface area contributed by atoms with E-state index in [1.165, 1.54) is 51.4 Å². The predicted octanol–water partition coefficient (Wildman–Crippen LogP) is -0.0605. The van der Waals surface area contributed by atoms with Crippen LogP contribution in [0, 0.1) is 0 Å². The average molecular weight is 417 g/mol. The smallest absolute Gasteiger partial charge is 0.726 e. The summed E-state index contributed by atoms with van der Waals surface area (Å²) in [6.07, 6.45) is 10.7. The first kappa shape index (κ1) is 25.8. The molecule has 0 bridgehead atoms. The van der Waals surface area contributed by atoms with Gasteiger partial charge in [-0.05, 0) is 6.42 Å². The molecule has 7 nitrogen and oxygen atoms in total. The normalized spacial score (nSPS) is 27.5. The molecule has 2 fully saturated rings. The zero-order chi connectivity index (χ0) is 18.8. The van der Waals surface area contributed by atoms with Crippen LogP contribution in [0.3, 0.4) is 0 Å². The van der Waals surface area contributed by atoms with Gasteiger partial charge in [0.25, 0.3) is 0 Å². The summed E-state index contributed by atoms with van der Waals surface area (Å²) in [6.45, 7) is 3.26. The minimum atomic E-state index is -4.75. The number of hydrogen-bond acceptors (Lipinski definition) is 7. The predicted molar refractivity (Wildman–Crippen MR) is 95.6 cm³/mol. The molecule has 0 radical (unpaired) electrons. The fourth-order valence-corrected chi connectivity index (χ4v) is 4.10. The van der Waals surface area contributed by atoms with Crippen LogP contribution in [-0.2, 0) is 28.8 Å². The fourth-order valence-electron chi connectivity index (χ4n) is 3.63. The molecule has 2 saturated heterocycles. The Morgan fingerprint density at radius 3 is 1.89 bits per heavy atom. The van der Waals surface area contributed by atoms with Crippen molar-refractivity contribution in [2.75, 3.05) is 19.8 Å². The van der Waals surface area contributed by atoms with Gasteiger partial charge in [-0.15, -0.1) is 0 Å². The summed E-state index contributed by atoms with van der Waals surface area (Å²) in [5.41, 5.74) is 0. The zero-order valence-corrected chi connectivity index (χ0v) is 19.6. The van der Waals surface area contributed by atoms with Crippen molar-refractivity contribution >= 4 is 10.4 Å². The van der Waals surface area contributed by atoms with Crippen molar-refractivity contribution < 1.29 is 60.9 Å². The molecule has 2 heterocycles. The van der Waals surface area contributed by atoms with Crippen LogP contribution in [-0.4, -0.2) is 57.2 Å². The van der Waals surface area contributed by atoms with E-state index in [4.69, 9.17) is 14.2 Å². The zero-order valence-electron chi connectivity index (χ0n) is 16.8. The fraction of sp³-hybridized carbons (Fsp3) is 1.00. The van der Waals surface area contributed by atoms with Gasteiger partial charge in [0.15, 0.2) is 0 Å². The van der Waals surface area contributed by atoms with Crippen LogP contribution in [0.5, 0.6) is 0 Å². The Hall–Kier alpha value is 0.750. The molecule has 0 aromatic heterocycles. The molecule has 2 aliphatic heterocycles. The molecular formula is C18H33NaO7S. The van der Waals surface area contributed by atoms with Gasteiger partial charge in [0.05, 0.1) is 13.2 Å². The molecule has 0 N–H and O–H groups in total. The van der Waals surface area contributed by atoms with E-state index in [0.29, 0.717) is 13.2 Å². The number of rotatable bonds is 14. The van der Waals surface area contributed by atoms with Crippen LogP contribution < -0.4 is 29.6 Å². The van der Waals surface area contributed by atoms with E-state index in [-0.39, 0.29) is 48.4 Å². The minimum absolute atomic E-state index is 0. The van der Waals surface area contributed by atoms with Crippen molar-refractivity contribution in [1.29, 1.82) is 0 Å². The summed E-state index contributed by atoms with van der Waals surface area (Å²) in [4.78, 5) is 0. The third-order valence-electron chi connectivity index (χ3n) is 5.03. The van der Waals surface area contributed by atoms with Gasteiger partial charge in [-0.2, -0.15) is 0 Å². The number of hydrogen-bond donors (Lipinski definition) is 0. The van der Waals surface area contributed by atoms with Gasteiger partial charge in [-0.25, -0.2) is 8.42 Å². The third-order valence-corrected chi connectivity index (χ3v) is 5.52. The van der Waals surface area contributed by atoms with E-state index in [2.05, 4.69) is 11.1 Å². The molecular weight excluding hydrogens is 383 g/mol. The second-order valence-electron chi connectivity index (χ2n) is 7.23. The summed E-state index contributed by atoms with van der Waals surface area (Å²) in [5, 5.41) is 0. The van der Waals surface area contributed by atoms with Crippen LogP contribution in [0.15, 0.2) is 0 Å². The Bertz CT molecular complexity index is 488. The Balaban J connectivity index is 0.00000364. The van der Waals surface area contributed by atoms with Gasteiger partial charge >= 0.3 is 29.6 Å². The molecule has 27 heavy (non-hydrogen) atoms. The molecule has 2 aliphatic rings. The van der Waals surface area contributed by atoms with Crippen LogP contribution in [0.1, 0.15) is 71.1 Å². The van der Waals surface area contributed by atoms with E-state index in [1.54, 1.807) is 0 Å². The Labute approximate surface area is 186 Å². The molecule has 4 atom stereocenters. The molecule has 0 saturated carbocycles. The van der Waals surface area contributed by atoms with E-state index >= 15 is 0 Å². The van der Waals surface area contributed by atoms with Gasteiger partial charge in [0, 0.05) is 6.61 Å².